The highest BCUT2D eigenvalue weighted by Crippen LogP contribution is 2.33. The fraction of sp³-hybridized carbons (Fsp3) is 0.154. The molecule has 17 heavy (non-hydrogen) atoms. The van der Waals surface area contributed by atoms with Gasteiger partial charge in [-0.05, 0) is 54.8 Å². The van der Waals surface area contributed by atoms with Crippen LogP contribution in [0, 0.1) is 19.7 Å². The van der Waals surface area contributed by atoms with Crippen LogP contribution in [0.5, 0.6) is 0 Å². The van der Waals surface area contributed by atoms with Gasteiger partial charge in [0.05, 0.1) is 0 Å². The van der Waals surface area contributed by atoms with Crippen LogP contribution in [0.15, 0.2) is 24.3 Å². The van der Waals surface area contributed by atoms with Crippen LogP contribution in [0.1, 0.15) is 20.8 Å². The van der Waals surface area contributed by atoms with Crippen LogP contribution < -0.4 is 0 Å². The summed E-state index contributed by atoms with van der Waals surface area (Å²) in [6.07, 6.45) is 0. The van der Waals surface area contributed by atoms with E-state index in [0.717, 1.165) is 21.6 Å². The van der Waals surface area contributed by atoms with Crippen LogP contribution in [-0.2, 0) is 0 Å². The Kier molecular flexibility index (Phi) is 2.98. The predicted octanol–water partition coefficient (Wildman–Crippen LogP) is 3.87. The van der Waals surface area contributed by atoms with Gasteiger partial charge in [-0.15, -0.1) is 11.3 Å². The maximum Gasteiger partial charge on any atom is 0.345 e. The summed E-state index contributed by atoms with van der Waals surface area (Å²) in [6, 6.07) is 6.26. The largest absolute Gasteiger partial charge is 0.477 e. The van der Waals surface area contributed by atoms with E-state index < -0.39 is 5.97 Å². The molecule has 0 aliphatic rings. The predicted molar refractivity (Wildman–Crippen MR) is 66.1 cm³/mol. The number of carbonyl (C=O) groups is 1. The van der Waals surface area contributed by atoms with E-state index >= 15 is 0 Å². The molecule has 0 saturated heterocycles. The summed E-state index contributed by atoms with van der Waals surface area (Å²) >= 11 is 1.21. The number of hydrogen-bond donors (Lipinski definition) is 1. The van der Waals surface area contributed by atoms with Crippen LogP contribution in [-0.4, -0.2) is 11.1 Å². The summed E-state index contributed by atoms with van der Waals surface area (Å²) in [5.74, 6) is -1.20. The second-order valence-electron chi connectivity index (χ2n) is 3.88. The maximum absolute atomic E-state index is 13.2. The van der Waals surface area contributed by atoms with Gasteiger partial charge in [0.2, 0.25) is 0 Å². The third-order valence-corrected chi connectivity index (χ3v) is 3.65. The lowest BCUT2D eigenvalue weighted by Crippen LogP contribution is -1.90. The second-order valence-corrected chi connectivity index (χ2v) is 4.97. The Labute approximate surface area is 102 Å². The van der Waals surface area contributed by atoms with E-state index in [-0.39, 0.29) is 5.82 Å². The molecule has 0 saturated carbocycles. The molecule has 2 aromatic rings. The minimum atomic E-state index is -0.932. The molecule has 1 N–H and O–H groups in total. The number of carboxylic acids is 1. The zero-order valence-electron chi connectivity index (χ0n) is 9.45. The number of halogens is 1. The number of rotatable bonds is 2. The van der Waals surface area contributed by atoms with Crippen molar-refractivity contribution in [1.29, 1.82) is 0 Å². The monoisotopic (exact) mass is 250 g/mol. The molecule has 0 spiro atoms. The summed E-state index contributed by atoms with van der Waals surface area (Å²) in [6.45, 7) is 3.65. The molecule has 2 nitrogen and oxygen atoms in total. The summed E-state index contributed by atoms with van der Waals surface area (Å²) in [7, 11) is 0. The summed E-state index contributed by atoms with van der Waals surface area (Å²) in [5, 5.41) is 8.88. The van der Waals surface area contributed by atoms with Crippen molar-refractivity contribution in [3.05, 3.63) is 46.1 Å². The smallest absolute Gasteiger partial charge is 0.345 e. The molecule has 0 fully saturated rings. The number of aromatic carboxylic acids is 1. The van der Waals surface area contributed by atoms with E-state index in [1.807, 2.05) is 13.8 Å². The highest BCUT2D eigenvalue weighted by atomic mass is 32.1. The minimum absolute atomic E-state index is 0.265. The fourth-order valence-corrected chi connectivity index (χ4v) is 2.91. The molecule has 2 rings (SSSR count). The van der Waals surface area contributed by atoms with Crippen molar-refractivity contribution >= 4 is 17.3 Å². The van der Waals surface area contributed by atoms with Gasteiger partial charge in [-0.25, -0.2) is 9.18 Å². The van der Waals surface area contributed by atoms with E-state index in [2.05, 4.69) is 0 Å². The van der Waals surface area contributed by atoms with Gasteiger partial charge in [0.25, 0.3) is 0 Å². The molecule has 1 aromatic carbocycles. The Morgan fingerprint density at radius 2 is 1.82 bits per heavy atom. The van der Waals surface area contributed by atoms with Gasteiger partial charge in [-0.1, -0.05) is 0 Å². The molecule has 0 bridgehead atoms. The van der Waals surface area contributed by atoms with E-state index in [4.69, 9.17) is 5.11 Å². The lowest BCUT2D eigenvalue weighted by Gasteiger charge is -2.07. The Morgan fingerprint density at radius 1 is 1.24 bits per heavy atom. The lowest BCUT2D eigenvalue weighted by atomic mass is 10.0. The molecular weight excluding hydrogens is 239 g/mol. The number of carboxylic acid groups (broad SMARTS) is 1. The Morgan fingerprint density at radius 3 is 2.29 bits per heavy atom. The lowest BCUT2D eigenvalue weighted by molar-refractivity contribution is 0.0702. The fourth-order valence-electron chi connectivity index (χ4n) is 1.89. The third kappa shape index (κ3) is 2.22. The summed E-state index contributed by atoms with van der Waals surface area (Å²) in [4.78, 5) is 12.0. The highest BCUT2D eigenvalue weighted by Gasteiger charge is 2.12. The first-order valence-corrected chi connectivity index (χ1v) is 5.91. The number of benzene rings is 1. The van der Waals surface area contributed by atoms with Crippen molar-refractivity contribution in [1.82, 2.24) is 0 Å². The Bertz CT molecular complexity index is 564. The molecule has 1 heterocycles. The topological polar surface area (TPSA) is 37.3 Å². The van der Waals surface area contributed by atoms with Gasteiger partial charge in [-0.3, -0.25) is 0 Å². The van der Waals surface area contributed by atoms with Crippen LogP contribution in [0.4, 0.5) is 4.39 Å². The van der Waals surface area contributed by atoms with Crippen molar-refractivity contribution in [3.8, 4) is 10.4 Å². The van der Waals surface area contributed by atoms with Gasteiger partial charge >= 0.3 is 5.97 Å². The molecule has 0 atom stereocenters. The third-order valence-electron chi connectivity index (χ3n) is 2.56. The summed E-state index contributed by atoms with van der Waals surface area (Å²) < 4.78 is 13.2. The Balaban J connectivity index is 2.56. The first-order chi connectivity index (χ1) is 7.99. The van der Waals surface area contributed by atoms with E-state index in [1.54, 1.807) is 12.1 Å². The molecule has 0 radical (unpaired) electrons. The molecule has 4 heteroatoms. The van der Waals surface area contributed by atoms with Crippen LogP contribution >= 0.6 is 11.3 Å². The first kappa shape index (κ1) is 11.8. The molecule has 1 aromatic heterocycles. The van der Waals surface area contributed by atoms with Crippen molar-refractivity contribution in [3.63, 3.8) is 0 Å². The van der Waals surface area contributed by atoms with Gasteiger partial charge < -0.3 is 5.11 Å². The van der Waals surface area contributed by atoms with Crippen molar-refractivity contribution < 1.29 is 14.3 Å². The average Bonchev–Trinajstić information content (AvgIpc) is 2.65. The quantitative estimate of drug-likeness (QED) is 0.878. The molecule has 0 unspecified atom stereocenters. The van der Waals surface area contributed by atoms with Crippen molar-refractivity contribution in [2.75, 3.05) is 0 Å². The molecule has 0 amide bonds. The standard InChI is InChI=1S/C13H11FO2S/c1-7-5-9(14)6-8(2)12(7)10-3-4-11(17-10)13(15)16/h3-6H,1-2H3,(H,15,16). The van der Waals surface area contributed by atoms with Crippen LogP contribution in [0.3, 0.4) is 0 Å². The van der Waals surface area contributed by atoms with Crippen molar-refractivity contribution in [2.24, 2.45) is 0 Å². The molecule has 88 valence electrons. The van der Waals surface area contributed by atoms with Crippen LogP contribution in [0.2, 0.25) is 0 Å². The molecule has 0 aliphatic heterocycles. The minimum Gasteiger partial charge on any atom is -0.477 e. The van der Waals surface area contributed by atoms with Gasteiger partial charge in [0, 0.05) is 4.88 Å². The van der Waals surface area contributed by atoms with Crippen LogP contribution in [0.25, 0.3) is 10.4 Å². The zero-order valence-corrected chi connectivity index (χ0v) is 10.3. The number of thiophene rings is 1. The SMILES string of the molecule is Cc1cc(F)cc(C)c1-c1ccc(C(=O)O)s1. The van der Waals surface area contributed by atoms with Gasteiger partial charge in [0.15, 0.2) is 0 Å². The average molecular weight is 250 g/mol. The van der Waals surface area contributed by atoms with E-state index in [9.17, 15) is 9.18 Å². The molecule has 0 aliphatic carbocycles. The zero-order chi connectivity index (χ0) is 12.6. The second kappa shape index (κ2) is 4.30. The normalized spacial score (nSPS) is 10.5. The number of hydrogen-bond acceptors (Lipinski definition) is 2. The highest BCUT2D eigenvalue weighted by molar-refractivity contribution is 7.17. The maximum atomic E-state index is 13.2. The van der Waals surface area contributed by atoms with E-state index in [0.29, 0.717) is 4.88 Å². The van der Waals surface area contributed by atoms with Crippen molar-refractivity contribution in [2.45, 2.75) is 13.8 Å². The summed E-state index contributed by atoms with van der Waals surface area (Å²) in [5.41, 5.74) is 2.56. The van der Waals surface area contributed by atoms with Gasteiger partial charge in [0.1, 0.15) is 10.7 Å². The molecular formula is C13H11FO2S. The van der Waals surface area contributed by atoms with E-state index in [1.165, 1.54) is 23.5 Å². The number of aryl methyl sites for hydroxylation is 2. The Hall–Kier alpha value is -1.68. The first-order valence-electron chi connectivity index (χ1n) is 5.09. The van der Waals surface area contributed by atoms with Gasteiger partial charge in [-0.2, -0.15) is 0 Å².